The van der Waals surface area contributed by atoms with Crippen LogP contribution in [-0.4, -0.2) is 5.84 Å². The quantitative estimate of drug-likeness (QED) is 0.453. The molecular formula is C9H6F6N2. The van der Waals surface area contributed by atoms with E-state index in [0.717, 1.165) is 12.1 Å². The Bertz CT molecular complexity index is 446. The van der Waals surface area contributed by atoms with Gasteiger partial charge in [0.1, 0.15) is 5.84 Å². The Morgan fingerprint density at radius 1 is 1.00 bits per heavy atom. The van der Waals surface area contributed by atoms with E-state index >= 15 is 0 Å². The van der Waals surface area contributed by atoms with Gasteiger partial charge in [0.05, 0.1) is 11.1 Å². The van der Waals surface area contributed by atoms with E-state index in [4.69, 9.17) is 11.1 Å². The van der Waals surface area contributed by atoms with Crippen molar-refractivity contribution in [1.29, 1.82) is 5.41 Å². The second kappa shape index (κ2) is 3.94. The molecule has 0 atom stereocenters. The van der Waals surface area contributed by atoms with Crippen LogP contribution in [0.3, 0.4) is 0 Å². The Balaban J connectivity index is 3.64. The van der Waals surface area contributed by atoms with Crippen molar-refractivity contribution in [2.45, 2.75) is 12.4 Å². The summed E-state index contributed by atoms with van der Waals surface area (Å²) in [6.07, 6.45) is -10.4. The highest BCUT2D eigenvalue weighted by molar-refractivity contribution is 5.97. The van der Waals surface area contributed by atoms with E-state index in [1.165, 1.54) is 0 Å². The smallest absolute Gasteiger partial charge is 0.384 e. The first kappa shape index (κ1) is 13.3. The molecule has 1 aromatic carbocycles. The maximum atomic E-state index is 12.5. The van der Waals surface area contributed by atoms with Gasteiger partial charge in [-0.25, -0.2) is 0 Å². The number of alkyl halides is 6. The van der Waals surface area contributed by atoms with Gasteiger partial charge in [0.25, 0.3) is 0 Å². The highest BCUT2D eigenvalue weighted by atomic mass is 19.4. The summed E-state index contributed by atoms with van der Waals surface area (Å²) in [4.78, 5) is 0. The first-order valence-electron chi connectivity index (χ1n) is 4.17. The maximum absolute atomic E-state index is 12.5. The van der Waals surface area contributed by atoms with Gasteiger partial charge < -0.3 is 5.73 Å². The first-order chi connectivity index (χ1) is 7.55. The standard InChI is InChI=1S/C9H6F6N2/c10-8(11,12)5-3-1-2-4(7(16)17)6(5)9(13,14)15/h1-3H,(H3,16,17). The van der Waals surface area contributed by atoms with Crippen LogP contribution in [0.1, 0.15) is 16.7 Å². The molecule has 0 aliphatic carbocycles. The molecule has 0 heterocycles. The van der Waals surface area contributed by atoms with Crippen molar-refractivity contribution in [1.82, 2.24) is 0 Å². The van der Waals surface area contributed by atoms with Gasteiger partial charge in [-0.2, -0.15) is 26.3 Å². The van der Waals surface area contributed by atoms with Gasteiger partial charge in [-0.1, -0.05) is 12.1 Å². The zero-order valence-corrected chi connectivity index (χ0v) is 8.08. The molecule has 94 valence electrons. The second-order valence-corrected chi connectivity index (χ2v) is 3.14. The highest BCUT2D eigenvalue weighted by Crippen LogP contribution is 2.41. The molecule has 0 fully saturated rings. The summed E-state index contributed by atoms with van der Waals surface area (Å²) in [5, 5.41) is 6.87. The van der Waals surface area contributed by atoms with Crippen molar-refractivity contribution in [3.05, 3.63) is 34.9 Å². The molecule has 0 unspecified atom stereocenters. The summed E-state index contributed by atoms with van der Waals surface area (Å²) < 4.78 is 74.9. The van der Waals surface area contributed by atoms with Crippen molar-refractivity contribution in [2.24, 2.45) is 5.73 Å². The monoisotopic (exact) mass is 256 g/mol. The Labute approximate surface area is 91.5 Å². The molecule has 0 amide bonds. The van der Waals surface area contributed by atoms with E-state index in [1.807, 2.05) is 0 Å². The predicted molar refractivity (Wildman–Crippen MR) is 47.5 cm³/mol. The van der Waals surface area contributed by atoms with Crippen molar-refractivity contribution in [3.63, 3.8) is 0 Å². The average molecular weight is 256 g/mol. The number of amidine groups is 1. The molecule has 0 spiro atoms. The third kappa shape index (κ3) is 2.69. The third-order valence-corrected chi connectivity index (χ3v) is 1.94. The summed E-state index contributed by atoms with van der Waals surface area (Å²) in [7, 11) is 0. The number of nitrogens with one attached hydrogen (secondary N) is 1. The number of benzene rings is 1. The zero-order valence-electron chi connectivity index (χ0n) is 8.08. The summed E-state index contributed by atoms with van der Waals surface area (Å²) in [6, 6.07) is 1.80. The van der Waals surface area contributed by atoms with Crippen LogP contribution in [-0.2, 0) is 12.4 Å². The fraction of sp³-hybridized carbons (Fsp3) is 0.222. The number of nitrogen functional groups attached to an aromatic ring is 1. The van der Waals surface area contributed by atoms with Crippen LogP contribution in [0, 0.1) is 5.41 Å². The van der Waals surface area contributed by atoms with Crippen LogP contribution < -0.4 is 5.73 Å². The van der Waals surface area contributed by atoms with Crippen LogP contribution >= 0.6 is 0 Å². The van der Waals surface area contributed by atoms with Gasteiger partial charge in [0.2, 0.25) is 0 Å². The minimum absolute atomic E-state index is 0.301. The maximum Gasteiger partial charge on any atom is 0.417 e. The SMILES string of the molecule is N=C(N)c1cccc(C(F)(F)F)c1C(F)(F)F. The van der Waals surface area contributed by atoms with Crippen molar-refractivity contribution >= 4 is 5.84 Å². The minimum Gasteiger partial charge on any atom is -0.384 e. The minimum atomic E-state index is -5.23. The molecule has 0 saturated heterocycles. The summed E-state index contributed by atoms with van der Waals surface area (Å²) in [6.45, 7) is 0. The Kier molecular flexibility index (Phi) is 3.09. The van der Waals surface area contributed by atoms with E-state index < -0.39 is 34.9 Å². The molecule has 3 N–H and O–H groups in total. The molecule has 1 aromatic rings. The predicted octanol–water partition coefficient (Wildman–Crippen LogP) is 3.01. The fourth-order valence-electron chi connectivity index (χ4n) is 1.32. The lowest BCUT2D eigenvalue weighted by Gasteiger charge is -2.18. The second-order valence-electron chi connectivity index (χ2n) is 3.14. The third-order valence-electron chi connectivity index (χ3n) is 1.94. The number of nitrogens with two attached hydrogens (primary N) is 1. The Morgan fingerprint density at radius 2 is 1.53 bits per heavy atom. The highest BCUT2D eigenvalue weighted by Gasteiger charge is 2.44. The molecular weight excluding hydrogens is 250 g/mol. The van der Waals surface area contributed by atoms with E-state index in [9.17, 15) is 26.3 Å². The molecule has 2 nitrogen and oxygen atoms in total. The Morgan fingerprint density at radius 3 is 1.88 bits per heavy atom. The van der Waals surface area contributed by atoms with Crippen LogP contribution in [0.2, 0.25) is 0 Å². The lowest BCUT2D eigenvalue weighted by atomic mass is 9.99. The fourth-order valence-corrected chi connectivity index (χ4v) is 1.32. The normalized spacial score (nSPS) is 12.6. The molecule has 8 heteroatoms. The number of rotatable bonds is 1. The van der Waals surface area contributed by atoms with E-state index in [2.05, 4.69) is 0 Å². The first-order valence-corrected chi connectivity index (χ1v) is 4.17. The average Bonchev–Trinajstić information content (AvgIpc) is 2.13. The van der Waals surface area contributed by atoms with Crippen LogP contribution in [0.5, 0.6) is 0 Å². The molecule has 1 rings (SSSR count). The molecule has 0 aliphatic rings. The van der Waals surface area contributed by atoms with Crippen molar-refractivity contribution in [2.75, 3.05) is 0 Å². The largest absolute Gasteiger partial charge is 0.417 e. The Hall–Kier alpha value is -1.73. The summed E-state index contributed by atoms with van der Waals surface area (Å²) in [5.41, 5.74) is 0.0801. The number of hydrogen-bond donors (Lipinski definition) is 2. The van der Waals surface area contributed by atoms with Gasteiger partial charge in [0.15, 0.2) is 0 Å². The van der Waals surface area contributed by atoms with Gasteiger partial charge >= 0.3 is 12.4 Å². The van der Waals surface area contributed by atoms with Crippen LogP contribution in [0.15, 0.2) is 18.2 Å². The van der Waals surface area contributed by atoms with E-state index in [0.29, 0.717) is 6.07 Å². The number of hydrogen-bond acceptors (Lipinski definition) is 1. The number of halogens is 6. The van der Waals surface area contributed by atoms with Crippen molar-refractivity contribution < 1.29 is 26.3 Å². The van der Waals surface area contributed by atoms with E-state index in [-0.39, 0.29) is 0 Å². The molecule has 0 aromatic heterocycles. The van der Waals surface area contributed by atoms with Gasteiger partial charge in [-0.3, -0.25) is 5.41 Å². The molecule has 0 aliphatic heterocycles. The van der Waals surface area contributed by atoms with Gasteiger partial charge in [-0.05, 0) is 6.07 Å². The molecule has 17 heavy (non-hydrogen) atoms. The van der Waals surface area contributed by atoms with Crippen LogP contribution in [0.4, 0.5) is 26.3 Å². The van der Waals surface area contributed by atoms with Crippen LogP contribution in [0.25, 0.3) is 0 Å². The molecule has 0 radical (unpaired) electrons. The van der Waals surface area contributed by atoms with E-state index in [1.54, 1.807) is 0 Å². The topological polar surface area (TPSA) is 49.9 Å². The summed E-state index contributed by atoms with van der Waals surface area (Å²) in [5.74, 6) is -1.07. The molecule has 0 bridgehead atoms. The van der Waals surface area contributed by atoms with Gasteiger partial charge in [0, 0.05) is 5.56 Å². The van der Waals surface area contributed by atoms with Gasteiger partial charge in [-0.15, -0.1) is 0 Å². The molecule has 0 saturated carbocycles. The lowest BCUT2D eigenvalue weighted by Crippen LogP contribution is -2.23. The zero-order chi connectivity index (χ0) is 13.4. The lowest BCUT2D eigenvalue weighted by molar-refractivity contribution is -0.162. The van der Waals surface area contributed by atoms with Crippen molar-refractivity contribution in [3.8, 4) is 0 Å². The summed E-state index contributed by atoms with van der Waals surface area (Å²) >= 11 is 0.